The number of nitrogens with zero attached hydrogens (tertiary/aromatic N) is 2. The highest BCUT2D eigenvalue weighted by Gasteiger charge is 2.21. The van der Waals surface area contributed by atoms with Crippen LogP contribution in [-0.4, -0.2) is 22.6 Å². The molecule has 1 aromatic carbocycles. The van der Waals surface area contributed by atoms with Gasteiger partial charge in [0.2, 0.25) is 0 Å². The Balaban J connectivity index is 1.57. The molecule has 1 aromatic heterocycles. The highest BCUT2D eigenvalue weighted by molar-refractivity contribution is 5.39. The smallest absolute Gasteiger partial charge is 0.129 e. The number of hydrogen-bond donors (Lipinski definition) is 1. The summed E-state index contributed by atoms with van der Waals surface area (Å²) in [5.41, 5.74) is 2.37. The maximum absolute atomic E-state index is 5.90. The number of anilines is 1. The average molecular weight is 269 g/mol. The summed E-state index contributed by atoms with van der Waals surface area (Å²) in [6, 6.07) is 10.2. The van der Waals surface area contributed by atoms with Gasteiger partial charge in [-0.15, -0.1) is 0 Å². The molecular weight excluding hydrogens is 250 g/mol. The number of fused-ring (bicyclic) bond motifs is 1. The summed E-state index contributed by atoms with van der Waals surface area (Å²) in [6.45, 7) is 2.91. The van der Waals surface area contributed by atoms with Crippen LogP contribution in [0.15, 0.2) is 36.7 Å². The zero-order valence-corrected chi connectivity index (χ0v) is 11.7. The van der Waals surface area contributed by atoms with Gasteiger partial charge in [0.1, 0.15) is 24.0 Å². The van der Waals surface area contributed by atoms with Crippen LogP contribution in [0.2, 0.25) is 0 Å². The second-order valence-electron chi connectivity index (χ2n) is 5.08. The van der Waals surface area contributed by atoms with Gasteiger partial charge >= 0.3 is 0 Å². The summed E-state index contributed by atoms with van der Waals surface area (Å²) >= 11 is 0. The fourth-order valence-corrected chi connectivity index (χ4v) is 2.47. The van der Waals surface area contributed by atoms with Crippen molar-refractivity contribution in [3.05, 3.63) is 47.9 Å². The summed E-state index contributed by atoms with van der Waals surface area (Å²) in [5.74, 6) is 1.89. The summed E-state index contributed by atoms with van der Waals surface area (Å²) in [4.78, 5) is 8.51. The lowest BCUT2D eigenvalue weighted by molar-refractivity contribution is 0.246. The molecule has 4 nitrogen and oxygen atoms in total. The number of para-hydroxylation sites is 1. The van der Waals surface area contributed by atoms with Crippen LogP contribution in [0, 0.1) is 0 Å². The first-order valence-corrected chi connectivity index (χ1v) is 7.14. The Morgan fingerprint density at radius 3 is 3.05 bits per heavy atom. The molecule has 4 heteroatoms. The van der Waals surface area contributed by atoms with E-state index in [4.69, 9.17) is 4.74 Å². The van der Waals surface area contributed by atoms with Crippen LogP contribution in [0.4, 0.5) is 5.82 Å². The molecule has 104 valence electrons. The number of nitrogens with one attached hydrogen (secondary N) is 1. The number of aromatic nitrogens is 2. The lowest BCUT2D eigenvalue weighted by atomic mass is 10.1. The zero-order chi connectivity index (χ0) is 13.8. The van der Waals surface area contributed by atoms with Crippen LogP contribution in [-0.2, 0) is 12.8 Å². The Hall–Kier alpha value is -2.10. The predicted molar refractivity (Wildman–Crippen MR) is 79.1 cm³/mol. The van der Waals surface area contributed by atoms with Crippen molar-refractivity contribution in [2.75, 3.05) is 11.9 Å². The Kier molecular flexibility index (Phi) is 3.81. The fourth-order valence-electron chi connectivity index (χ4n) is 2.47. The lowest BCUT2D eigenvalue weighted by Gasteiger charge is -2.12. The van der Waals surface area contributed by atoms with Crippen molar-refractivity contribution >= 4 is 5.82 Å². The molecule has 1 aliphatic heterocycles. The normalized spacial score (nSPS) is 16.6. The average Bonchev–Trinajstić information content (AvgIpc) is 2.89. The Labute approximate surface area is 119 Å². The van der Waals surface area contributed by atoms with E-state index < -0.39 is 0 Å². The maximum Gasteiger partial charge on any atom is 0.129 e. The number of rotatable bonds is 5. The Morgan fingerprint density at radius 2 is 2.20 bits per heavy atom. The van der Waals surface area contributed by atoms with E-state index in [0.29, 0.717) is 0 Å². The van der Waals surface area contributed by atoms with Gasteiger partial charge in [0.25, 0.3) is 0 Å². The highest BCUT2D eigenvalue weighted by atomic mass is 16.5. The molecular formula is C16H19N3O. The van der Waals surface area contributed by atoms with Crippen molar-refractivity contribution in [1.82, 2.24) is 9.97 Å². The van der Waals surface area contributed by atoms with E-state index >= 15 is 0 Å². The first-order chi connectivity index (χ1) is 9.85. The van der Waals surface area contributed by atoms with Gasteiger partial charge in [0.05, 0.1) is 6.54 Å². The second kappa shape index (κ2) is 5.90. The molecule has 2 heterocycles. The maximum atomic E-state index is 5.90. The molecule has 2 aromatic rings. The summed E-state index contributed by atoms with van der Waals surface area (Å²) in [6.07, 6.45) is 4.84. The van der Waals surface area contributed by atoms with E-state index in [-0.39, 0.29) is 6.10 Å². The van der Waals surface area contributed by atoms with Gasteiger partial charge < -0.3 is 10.1 Å². The van der Waals surface area contributed by atoms with Gasteiger partial charge in [0.15, 0.2) is 0 Å². The van der Waals surface area contributed by atoms with Gasteiger partial charge in [-0.1, -0.05) is 31.5 Å². The van der Waals surface area contributed by atoms with Crippen LogP contribution in [0.3, 0.4) is 0 Å². The zero-order valence-electron chi connectivity index (χ0n) is 11.7. The monoisotopic (exact) mass is 269 g/mol. The van der Waals surface area contributed by atoms with E-state index in [1.165, 1.54) is 5.56 Å². The van der Waals surface area contributed by atoms with Crippen LogP contribution in [0.1, 0.15) is 24.6 Å². The molecule has 0 amide bonds. The predicted octanol–water partition coefficient (Wildman–Crippen LogP) is 2.84. The van der Waals surface area contributed by atoms with Crippen LogP contribution < -0.4 is 10.1 Å². The topological polar surface area (TPSA) is 47.0 Å². The molecule has 3 rings (SSSR count). The number of aryl methyl sites for hydroxylation is 1. The third-order valence-electron chi connectivity index (χ3n) is 3.45. The molecule has 0 radical (unpaired) electrons. The van der Waals surface area contributed by atoms with Crippen molar-refractivity contribution in [2.45, 2.75) is 32.3 Å². The van der Waals surface area contributed by atoms with Crippen molar-refractivity contribution < 1.29 is 4.74 Å². The van der Waals surface area contributed by atoms with Crippen LogP contribution in [0.5, 0.6) is 5.75 Å². The number of hydrogen-bond acceptors (Lipinski definition) is 4. The fraction of sp³-hybridized carbons (Fsp3) is 0.375. The molecule has 1 N–H and O–H groups in total. The molecule has 20 heavy (non-hydrogen) atoms. The first kappa shape index (κ1) is 12.9. The van der Waals surface area contributed by atoms with E-state index in [1.807, 2.05) is 18.2 Å². The number of ether oxygens (including phenoxy) is 1. The molecule has 0 fully saturated rings. The third kappa shape index (κ3) is 2.90. The summed E-state index contributed by atoms with van der Waals surface area (Å²) in [5, 5.41) is 3.34. The van der Waals surface area contributed by atoms with E-state index in [0.717, 1.165) is 43.1 Å². The number of benzene rings is 1. The molecule has 0 saturated carbocycles. The van der Waals surface area contributed by atoms with Gasteiger partial charge in [-0.2, -0.15) is 0 Å². The van der Waals surface area contributed by atoms with Crippen molar-refractivity contribution in [3.8, 4) is 5.75 Å². The molecule has 0 aliphatic carbocycles. The van der Waals surface area contributed by atoms with Crippen molar-refractivity contribution in [1.29, 1.82) is 0 Å². The quantitative estimate of drug-likeness (QED) is 0.906. The minimum atomic E-state index is 0.178. The highest BCUT2D eigenvalue weighted by Crippen LogP contribution is 2.28. The minimum Gasteiger partial charge on any atom is -0.488 e. The van der Waals surface area contributed by atoms with Gasteiger partial charge in [-0.25, -0.2) is 9.97 Å². The SMILES string of the molecule is CCCc1cc(NCC2Cc3ccccc3O2)ncn1. The van der Waals surface area contributed by atoms with E-state index in [1.54, 1.807) is 6.33 Å². The molecule has 0 saturated heterocycles. The molecule has 1 unspecified atom stereocenters. The molecule has 0 spiro atoms. The molecule has 0 bridgehead atoms. The summed E-state index contributed by atoms with van der Waals surface area (Å²) in [7, 11) is 0. The lowest BCUT2D eigenvalue weighted by Crippen LogP contribution is -2.24. The third-order valence-corrected chi connectivity index (χ3v) is 3.45. The Bertz CT molecular complexity index is 560. The van der Waals surface area contributed by atoms with Crippen molar-refractivity contribution in [2.24, 2.45) is 0 Å². The van der Waals surface area contributed by atoms with Gasteiger partial charge in [0, 0.05) is 18.2 Å². The largest absolute Gasteiger partial charge is 0.488 e. The van der Waals surface area contributed by atoms with E-state index in [9.17, 15) is 0 Å². The van der Waals surface area contributed by atoms with Crippen LogP contribution in [0.25, 0.3) is 0 Å². The van der Waals surface area contributed by atoms with E-state index in [2.05, 4.69) is 34.3 Å². The standard InChI is InChI=1S/C16H19N3O/c1-2-5-13-9-16(19-11-18-13)17-10-14-8-12-6-3-4-7-15(12)20-14/h3-4,6-7,9,11,14H,2,5,8,10H2,1H3,(H,17,18,19). The minimum absolute atomic E-state index is 0.178. The second-order valence-corrected chi connectivity index (χ2v) is 5.08. The molecule has 1 atom stereocenters. The van der Waals surface area contributed by atoms with Crippen molar-refractivity contribution in [3.63, 3.8) is 0 Å². The van der Waals surface area contributed by atoms with Crippen LogP contribution >= 0.6 is 0 Å². The van der Waals surface area contributed by atoms with Gasteiger partial charge in [-0.05, 0) is 18.1 Å². The Morgan fingerprint density at radius 1 is 1.30 bits per heavy atom. The van der Waals surface area contributed by atoms with Gasteiger partial charge in [-0.3, -0.25) is 0 Å². The summed E-state index contributed by atoms with van der Waals surface area (Å²) < 4.78 is 5.90. The first-order valence-electron chi connectivity index (χ1n) is 7.14. The molecule has 1 aliphatic rings.